The topological polar surface area (TPSA) is 9.23 Å². The predicted octanol–water partition coefficient (Wildman–Crippen LogP) is 11.8. The Hall–Kier alpha value is -5.92. The number of rotatable bonds is 3. The van der Waals surface area contributed by atoms with E-state index in [1.165, 1.54) is 71.6 Å². The molecule has 1 heteroatoms. The zero-order valence-corrected chi connectivity index (χ0v) is 25.1. The summed E-state index contributed by atoms with van der Waals surface area (Å²) in [7, 11) is 0. The number of hydrogen-bond acceptors (Lipinski definition) is 1. The summed E-state index contributed by atoms with van der Waals surface area (Å²) in [4.78, 5) is 0. The van der Waals surface area contributed by atoms with Crippen molar-refractivity contribution >= 4 is 21.5 Å². The molecule has 0 amide bonds. The van der Waals surface area contributed by atoms with Crippen LogP contribution in [-0.2, 0) is 5.41 Å². The van der Waals surface area contributed by atoms with Crippen LogP contribution < -0.4 is 4.74 Å². The predicted molar refractivity (Wildman–Crippen MR) is 190 cm³/mol. The standard InChI is InChI=1S/C45H28O/c1-3-14-33(15-4-1)45(34-16-5-2-6-17-34)40-28-30(23-24-36(40)38-25-22-29-12-7-8-18-35(29)44(38)45)32-26-31-13-11-21-42-43(31)39(27-32)37-19-9-10-20-41(37)46-42/h1-28H. The Balaban J connectivity index is 1.30. The van der Waals surface area contributed by atoms with Gasteiger partial charge in [0.05, 0.1) is 5.41 Å². The molecule has 2 aliphatic rings. The summed E-state index contributed by atoms with van der Waals surface area (Å²) in [6.45, 7) is 0. The summed E-state index contributed by atoms with van der Waals surface area (Å²) in [6, 6.07) is 62.2. The van der Waals surface area contributed by atoms with E-state index in [1.807, 2.05) is 6.07 Å². The van der Waals surface area contributed by atoms with E-state index < -0.39 is 5.41 Å². The highest BCUT2D eigenvalue weighted by atomic mass is 16.5. The number of fused-ring (bicyclic) bond motifs is 7. The van der Waals surface area contributed by atoms with Gasteiger partial charge in [-0.25, -0.2) is 0 Å². The lowest BCUT2D eigenvalue weighted by molar-refractivity contribution is 0.487. The number of ether oxygens (including phenoxy) is 1. The second kappa shape index (κ2) is 9.54. The molecule has 1 heterocycles. The van der Waals surface area contributed by atoms with Gasteiger partial charge in [-0.3, -0.25) is 0 Å². The first kappa shape index (κ1) is 25.4. The van der Waals surface area contributed by atoms with Crippen molar-refractivity contribution in [2.45, 2.75) is 5.41 Å². The van der Waals surface area contributed by atoms with Gasteiger partial charge in [0.15, 0.2) is 0 Å². The van der Waals surface area contributed by atoms with Gasteiger partial charge in [-0.05, 0) is 96.6 Å². The Morgan fingerprint density at radius 2 is 1.07 bits per heavy atom. The molecule has 0 saturated heterocycles. The third-order valence-corrected chi connectivity index (χ3v) is 10.1. The van der Waals surface area contributed by atoms with Crippen LogP contribution in [0.2, 0.25) is 0 Å². The molecule has 10 rings (SSSR count). The Labute approximate surface area is 268 Å². The van der Waals surface area contributed by atoms with Crippen LogP contribution in [0.25, 0.3) is 54.9 Å². The van der Waals surface area contributed by atoms with Crippen molar-refractivity contribution in [1.29, 1.82) is 0 Å². The van der Waals surface area contributed by atoms with Crippen LogP contribution in [0.15, 0.2) is 170 Å². The molecule has 8 aromatic carbocycles. The Morgan fingerprint density at radius 3 is 1.89 bits per heavy atom. The van der Waals surface area contributed by atoms with Crippen molar-refractivity contribution < 1.29 is 4.74 Å². The van der Waals surface area contributed by atoms with E-state index in [1.54, 1.807) is 0 Å². The normalized spacial score (nSPS) is 13.6. The molecule has 8 aromatic rings. The maximum atomic E-state index is 6.35. The molecule has 1 nitrogen and oxygen atoms in total. The molecule has 0 N–H and O–H groups in total. The summed E-state index contributed by atoms with van der Waals surface area (Å²) >= 11 is 0. The van der Waals surface area contributed by atoms with Crippen molar-refractivity contribution in [3.63, 3.8) is 0 Å². The fourth-order valence-electron chi connectivity index (χ4n) is 8.20. The van der Waals surface area contributed by atoms with Crippen molar-refractivity contribution in [2.24, 2.45) is 0 Å². The molecular formula is C45H28O. The van der Waals surface area contributed by atoms with E-state index >= 15 is 0 Å². The lowest BCUT2D eigenvalue weighted by atomic mass is 9.66. The first-order valence-electron chi connectivity index (χ1n) is 15.9. The van der Waals surface area contributed by atoms with Crippen LogP contribution in [0.4, 0.5) is 0 Å². The first-order chi connectivity index (χ1) is 22.8. The molecule has 0 aromatic heterocycles. The smallest absolute Gasteiger partial charge is 0.135 e. The van der Waals surface area contributed by atoms with E-state index in [-0.39, 0.29) is 0 Å². The molecule has 0 fully saturated rings. The number of para-hydroxylation sites is 1. The minimum atomic E-state index is -0.483. The molecule has 214 valence electrons. The molecule has 0 unspecified atom stereocenters. The molecule has 0 saturated carbocycles. The van der Waals surface area contributed by atoms with Crippen molar-refractivity contribution in [3.05, 3.63) is 192 Å². The van der Waals surface area contributed by atoms with Gasteiger partial charge in [-0.2, -0.15) is 0 Å². The van der Waals surface area contributed by atoms with E-state index in [4.69, 9.17) is 4.74 Å². The zero-order chi connectivity index (χ0) is 30.2. The van der Waals surface area contributed by atoms with Crippen molar-refractivity contribution in [2.75, 3.05) is 0 Å². The summed E-state index contributed by atoms with van der Waals surface area (Å²) in [5, 5.41) is 4.92. The molecule has 0 atom stereocenters. The quantitative estimate of drug-likeness (QED) is 0.201. The van der Waals surface area contributed by atoms with E-state index in [0.717, 1.165) is 17.1 Å². The largest absolute Gasteiger partial charge is 0.456 e. The van der Waals surface area contributed by atoms with Gasteiger partial charge in [-0.15, -0.1) is 0 Å². The molecule has 0 spiro atoms. The van der Waals surface area contributed by atoms with Gasteiger partial charge in [0, 0.05) is 10.9 Å². The summed E-state index contributed by atoms with van der Waals surface area (Å²) in [5.41, 5.74) is 12.1. The fraction of sp³-hybridized carbons (Fsp3) is 0.0222. The maximum absolute atomic E-state index is 6.35. The molecular weight excluding hydrogens is 556 g/mol. The molecule has 46 heavy (non-hydrogen) atoms. The highest BCUT2D eigenvalue weighted by Crippen LogP contribution is 2.59. The van der Waals surface area contributed by atoms with Crippen LogP contribution in [0, 0.1) is 0 Å². The molecule has 1 aliphatic heterocycles. The van der Waals surface area contributed by atoms with Crippen LogP contribution in [-0.4, -0.2) is 0 Å². The first-order valence-corrected chi connectivity index (χ1v) is 15.9. The van der Waals surface area contributed by atoms with E-state index in [2.05, 4.69) is 164 Å². The SMILES string of the molecule is c1ccc(C2(c3ccccc3)c3cc(-c4cc5c6c(cccc6c4)Oc4ccccc4-5)ccc3-c3ccc4ccccc4c32)cc1. The minimum absolute atomic E-state index is 0.483. The summed E-state index contributed by atoms with van der Waals surface area (Å²) < 4.78 is 6.35. The van der Waals surface area contributed by atoms with Crippen LogP contribution in [0.5, 0.6) is 11.5 Å². The maximum Gasteiger partial charge on any atom is 0.135 e. The van der Waals surface area contributed by atoms with Gasteiger partial charge >= 0.3 is 0 Å². The number of hydrogen-bond donors (Lipinski definition) is 0. The van der Waals surface area contributed by atoms with Crippen LogP contribution in [0.1, 0.15) is 22.3 Å². The highest BCUT2D eigenvalue weighted by Gasteiger charge is 2.47. The monoisotopic (exact) mass is 584 g/mol. The van der Waals surface area contributed by atoms with Crippen molar-refractivity contribution in [3.8, 4) is 44.9 Å². The second-order valence-electron chi connectivity index (χ2n) is 12.4. The fourth-order valence-corrected chi connectivity index (χ4v) is 8.20. The Morgan fingerprint density at radius 1 is 0.391 bits per heavy atom. The van der Waals surface area contributed by atoms with E-state index in [9.17, 15) is 0 Å². The second-order valence-corrected chi connectivity index (χ2v) is 12.4. The number of benzene rings is 8. The van der Waals surface area contributed by atoms with Gasteiger partial charge in [-0.1, -0.05) is 140 Å². The van der Waals surface area contributed by atoms with Gasteiger partial charge in [0.1, 0.15) is 11.5 Å². The van der Waals surface area contributed by atoms with Crippen LogP contribution in [0.3, 0.4) is 0 Å². The third kappa shape index (κ3) is 3.40. The van der Waals surface area contributed by atoms with Crippen molar-refractivity contribution in [1.82, 2.24) is 0 Å². The lowest BCUT2D eigenvalue weighted by Gasteiger charge is -2.35. The zero-order valence-electron chi connectivity index (χ0n) is 25.1. The molecule has 1 aliphatic carbocycles. The highest BCUT2D eigenvalue weighted by molar-refractivity contribution is 6.07. The minimum Gasteiger partial charge on any atom is -0.456 e. The molecule has 0 radical (unpaired) electrons. The Kier molecular flexibility index (Phi) is 5.27. The van der Waals surface area contributed by atoms with Gasteiger partial charge in [0.25, 0.3) is 0 Å². The van der Waals surface area contributed by atoms with Gasteiger partial charge in [0.2, 0.25) is 0 Å². The molecule has 0 bridgehead atoms. The summed E-state index contributed by atoms with van der Waals surface area (Å²) in [6.07, 6.45) is 0. The lowest BCUT2D eigenvalue weighted by Crippen LogP contribution is -2.28. The van der Waals surface area contributed by atoms with Crippen LogP contribution >= 0.6 is 0 Å². The van der Waals surface area contributed by atoms with Gasteiger partial charge < -0.3 is 4.74 Å². The average Bonchev–Trinajstić information content (AvgIpc) is 3.43. The van der Waals surface area contributed by atoms with E-state index in [0.29, 0.717) is 0 Å². The third-order valence-electron chi connectivity index (χ3n) is 10.1. The average molecular weight is 585 g/mol. The Bertz CT molecular complexity index is 2450. The summed E-state index contributed by atoms with van der Waals surface area (Å²) in [5.74, 6) is 1.82.